The van der Waals surface area contributed by atoms with E-state index in [0.717, 1.165) is 25.2 Å². The molecule has 0 N–H and O–H groups in total. The fourth-order valence-corrected chi connectivity index (χ4v) is 2.82. The van der Waals surface area contributed by atoms with Crippen LogP contribution in [-0.2, 0) is 9.53 Å². The number of methoxy groups -OCH3 is 1. The second-order valence-corrected chi connectivity index (χ2v) is 5.98. The van der Waals surface area contributed by atoms with E-state index in [-0.39, 0.29) is 18.3 Å². The van der Waals surface area contributed by atoms with Gasteiger partial charge < -0.3 is 4.74 Å². The lowest BCUT2D eigenvalue weighted by atomic mass is 9.96. The van der Waals surface area contributed by atoms with Crippen LogP contribution in [0.5, 0.6) is 0 Å². The number of likely N-dealkylation sites (tertiary alicyclic amines) is 1. The van der Waals surface area contributed by atoms with E-state index in [0.29, 0.717) is 5.02 Å². The topological polar surface area (TPSA) is 29.5 Å². The Kier molecular flexibility index (Phi) is 6.76. The maximum Gasteiger partial charge on any atom is 0.307 e. The van der Waals surface area contributed by atoms with Crippen molar-refractivity contribution < 1.29 is 9.53 Å². The van der Waals surface area contributed by atoms with Gasteiger partial charge in [-0.3, -0.25) is 9.69 Å². The van der Waals surface area contributed by atoms with Crippen molar-refractivity contribution in [3.8, 4) is 11.8 Å². The van der Waals surface area contributed by atoms with Gasteiger partial charge in [0.1, 0.15) is 0 Å². The van der Waals surface area contributed by atoms with E-state index in [1.165, 1.54) is 26.4 Å². The summed E-state index contributed by atoms with van der Waals surface area (Å²) in [5.74, 6) is 6.03. The van der Waals surface area contributed by atoms with Crippen molar-refractivity contribution in [2.45, 2.75) is 31.6 Å². The molecule has 1 aliphatic rings. The number of piperidine rings is 1. The standard InChI is InChI=1S/C18H22ClNO2/c1-22-18(21)14-16(15-7-5-9-17(19)13-15)8-6-12-20-10-3-2-4-11-20/h5,7,9,13,16H,2-4,10-12,14H2,1H3. The van der Waals surface area contributed by atoms with Gasteiger partial charge in [-0.2, -0.15) is 0 Å². The Labute approximate surface area is 137 Å². The average molecular weight is 320 g/mol. The second-order valence-electron chi connectivity index (χ2n) is 5.55. The van der Waals surface area contributed by atoms with Crippen LogP contribution in [0.2, 0.25) is 5.02 Å². The van der Waals surface area contributed by atoms with Crippen LogP contribution in [0.3, 0.4) is 0 Å². The molecule has 0 amide bonds. The van der Waals surface area contributed by atoms with Crippen LogP contribution in [-0.4, -0.2) is 37.6 Å². The number of esters is 1. The fraction of sp³-hybridized carbons (Fsp3) is 0.500. The summed E-state index contributed by atoms with van der Waals surface area (Å²) in [5, 5.41) is 0.658. The van der Waals surface area contributed by atoms with E-state index < -0.39 is 0 Å². The summed E-state index contributed by atoms with van der Waals surface area (Å²) in [6.45, 7) is 3.00. The van der Waals surface area contributed by atoms with Crippen molar-refractivity contribution in [3.05, 3.63) is 34.9 Å². The molecule has 1 unspecified atom stereocenters. The molecule has 0 radical (unpaired) electrons. The zero-order valence-electron chi connectivity index (χ0n) is 13.0. The summed E-state index contributed by atoms with van der Waals surface area (Å²) < 4.78 is 4.78. The Morgan fingerprint density at radius 2 is 2.14 bits per heavy atom. The molecule has 0 bridgehead atoms. The minimum atomic E-state index is -0.253. The summed E-state index contributed by atoms with van der Waals surface area (Å²) in [5.41, 5.74) is 0.962. The molecule has 0 aliphatic carbocycles. The van der Waals surface area contributed by atoms with Gasteiger partial charge in [-0.1, -0.05) is 42.0 Å². The third-order valence-corrected chi connectivity index (χ3v) is 4.11. The van der Waals surface area contributed by atoms with Crippen molar-refractivity contribution in [1.29, 1.82) is 0 Å². The molecule has 1 saturated heterocycles. The van der Waals surface area contributed by atoms with Crippen LogP contribution >= 0.6 is 11.6 Å². The van der Waals surface area contributed by atoms with Gasteiger partial charge in [-0.15, -0.1) is 0 Å². The maximum absolute atomic E-state index is 11.6. The van der Waals surface area contributed by atoms with E-state index in [1.54, 1.807) is 0 Å². The van der Waals surface area contributed by atoms with Gasteiger partial charge in [-0.25, -0.2) is 0 Å². The molecule has 118 valence electrons. The maximum atomic E-state index is 11.6. The van der Waals surface area contributed by atoms with Crippen LogP contribution in [0, 0.1) is 11.8 Å². The summed E-state index contributed by atoms with van der Waals surface area (Å²) in [6.07, 6.45) is 4.07. The van der Waals surface area contributed by atoms with E-state index in [1.807, 2.05) is 24.3 Å². The first kappa shape index (κ1) is 16.9. The lowest BCUT2D eigenvalue weighted by Crippen LogP contribution is -2.29. The molecule has 3 nitrogen and oxygen atoms in total. The monoisotopic (exact) mass is 319 g/mol. The smallest absolute Gasteiger partial charge is 0.307 e. The molecule has 0 aromatic heterocycles. The van der Waals surface area contributed by atoms with Crippen molar-refractivity contribution in [2.24, 2.45) is 0 Å². The molecule has 1 fully saturated rings. The lowest BCUT2D eigenvalue weighted by molar-refractivity contribution is -0.140. The Morgan fingerprint density at radius 3 is 2.82 bits per heavy atom. The van der Waals surface area contributed by atoms with Gasteiger partial charge in [0.15, 0.2) is 0 Å². The van der Waals surface area contributed by atoms with Crippen molar-refractivity contribution in [3.63, 3.8) is 0 Å². The first-order valence-electron chi connectivity index (χ1n) is 7.72. The summed E-state index contributed by atoms with van der Waals surface area (Å²) in [4.78, 5) is 14.0. The molecule has 0 saturated carbocycles. The number of ether oxygens (including phenoxy) is 1. The van der Waals surface area contributed by atoms with Gasteiger partial charge in [-0.05, 0) is 43.6 Å². The predicted octanol–water partition coefficient (Wildman–Crippen LogP) is 3.48. The minimum absolute atomic E-state index is 0.170. The Morgan fingerprint density at radius 1 is 1.36 bits per heavy atom. The molecule has 1 heterocycles. The van der Waals surface area contributed by atoms with Crippen LogP contribution in [0.1, 0.15) is 37.2 Å². The third-order valence-electron chi connectivity index (χ3n) is 3.88. The largest absolute Gasteiger partial charge is 0.469 e. The zero-order chi connectivity index (χ0) is 15.8. The minimum Gasteiger partial charge on any atom is -0.469 e. The number of hydrogen-bond donors (Lipinski definition) is 0. The Hall–Kier alpha value is -1.50. The molecule has 1 atom stereocenters. The SMILES string of the molecule is COC(=O)CC(C#CCN1CCCCC1)c1cccc(Cl)c1. The Balaban J connectivity index is 2.05. The van der Waals surface area contributed by atoms with Gasteiger partial charge in [0.25, 0.3) is 0 Å². The molecular formula is C18H22ClNO2. The van der Waals surface area contributed by atoms with E-state index in [4.69, 9.17) is 16.3 Å². The van der Waals surface area contributed by atoms with Gasteiger partial charge in [0.2, 0.25) is 0 Å². The molecular weight excluding hydrogens is 298 g/mol. The van der Waals surface area contributed by atoms with Gasteiger partial charge in [0.05, 0.1) is 26.0 Å². The fourth-order valence-electron chi connectivity index (χ4n) is 2.62. The molecule has 1 aliphatic heterocycles. The lowest BCUT2D eigenvalue weighted by Gasteiger charge is -2.24. The van der Waals surface area contributed by atoms with Crippen molar-refractivity contribution >= 4 is 17.6 Å². The highest BCUT2D eigenvalue weighted by Gasteiger charge is 2.15. The normalized spacial score (nSPS) is 16.5. The van der Waals surface area contributed by atoms with Crippen LogP contribution in [0.4, 0.5) is 0 Å². The first-order valence-corrected chi connectivity index (χ1v) is 8.10. The van der Waals surface area contributed by atoms with Gasteiger partial charge >= 0.3 is 5.97 Å². The second kappa shape index (κ2) is 8.82. The quantitative estimate of drug-likeness (QED) is 0.628. The summed E-state index contributed by atoms with van der Waals surface area (Å²) in [6, 6.07) is 7.52. The summed E-state index contributed by atoms with van der Waals surface area (Å²) in [7, 11) is 1.40. The predicted molar refractivity (Wildman–Crippen MR) is 88.9 cm³/mol. The average Bonchev–Trinajstić information content (AvgIpc) is 2.54. The number of carbonyl (C=O) groups is 1. The third kappa shape index (κ3) is 5.36. The zero-order valence-corrected chi connectivity index (χ0v) is 13.7. The highest BCUT2D eigenvalue weighted by molar-refractivity contribution is 6.30. The molecule has 1 aromatic carbocycles. The van der Waals surface area contributed by atoms with Crippen LogP contribution in [0.15, 0.2) is 24.3 Å². The number of hydrogen-bond acceptors (Lipinski definition) is 3. The number of halogens is 1. The van der Waals surface area contributed by atoms with Gasteiger partial charge in [0, 0.05) is 5.02 Å². The molecule has 22 heavy (non-hydrogen) atoms. The molecule has 0 spiro atoms. The first-order chi connectivity index (χ1) is 10.7. The highest BCUT2D eigenvalue weighted by Crippen LogP contribution is 2.22. The van der Waals surface area contributed by atoms with Crippen LogP contribution in [0.25, 0.3) is 0 Å². The number of carbonyl (C=O) groups excluding carboxylic acids is 1. The van der Waals surface area contributed by atoms with Crippen molar-refractivity contribution in [1.82, 2.24) is 4.90 Å². The molecule has 1 aromatic rings. The van der Waals surface area contributed by atoms with Crippen molar-refractivity contribution in [2.75, 3.05) is 26.7 Å². The number of nitrogens with zero attached hydrogens (tertiary/aromatic N) is 1. The van der Waals surface area contributed by atoms with E-state index >= 15 is 0 Å². The highest BCUT2D eigenvalue weighted by atomic mass is 35.5. The number of rotatable bonds is 4. The molecule has 2 rings (SSSR count). The summed E-state index contributed by atoms with van der Waals surface area (Å²) >= 11 is 6.04. The number of benzene rings is 1. The Bertz CT molecular complexity index is 556. The molecule has 4 heteroatoms. The van der Waals surface area contributed by atoms with Crippen LogP contribution < -0.4 is 0 Å². The van der Waals surface area contributed by atoms with E-state index in [9.17, 15) is 4.79 Å². The van der Waals surface area contributed by atoms with E-state index in [2.05, 4.69) is 16.7 Å².